The van der Waals surface area contributed by atoms with Gasteiger partial charge in [-0.3, -0.25) is 4.79 Å². The third kappa shape index (κ3) is 3.88. The number of aromatic nitrogens is 4. The minimum absolute atomic E-state index is 0.0809. The summed E-state index contributed by atoms with van der Waals surface area (Å²) in [4.78, 5) is 13.3. The number of benzene rings is 1. The molecule has 2 heterocycles. The first-order valence-electron chi connectivity index (χ1n) is 7.62. The van der Waals surface area contributed by atoms with Crippen molar-refractivity contribution in [3.8, 4) is 11.4 Å². The van der Waals surface area contributed by atoms with E-state index in [-0.39, 0.29) is 12.5 Å². The minimum Gasteiger partial charge on any atom is -0.354 e. The van der Waals surface area contributed by atoms with E-state index in [1.807, 2.05) is 30.3 Å². The Balaban J connectivity index is 1.50. The van der Waals surface area contributed by atoms with E-state index in [2.05, 4.69) is 26.0 Å². The lowest BCUT2D eigenvalue weighted by Crippen LogP contribution is -2.39. The van der Waals surface area contributed by atoms with Crippen LogP contribution >= 0.6 is 0 Å². The Bertz CT molecular complexity index is 606. The Morgan fingerprint density at radius 3 is 3.00 bits per heavy atom. The van der Waals surface area contributed by atoms with Gasteiger partial charge in [-0.05, 0) is 37.1 Å². The van der Waals surface area contributed by atoms with E-state index in [0.29, 0.717) is 18.3 Å². The maximum Gasteiger partial charge on any atom is 0.243 e. The van der Waals surface area contributed by atoms with Crippen LogP contribution in [0.1, 0.15) is 12.8 Å². The fraction of sp³-hybridized carbons (Fsp3) is 0.467. The van der Waals surface area contributed by atoms with Gasteiger partial charge in [0.2, 0.25) is 11.7 Å². The van der Waals surface area contributed by atoms with Gasteiger partial charge in [-0.25, -0.2) is 0 Å². The van der Waals surface area contributed by atoms with Crippen molar-refractivity contribution in [2.45, 2.75) is 19.4 Å². The van der Waals surface area contributed by atoms with Gasteiger partial charge in [0.25, 0.3) is 0 Å². The van der Waals surface area contributed by atoms with Crippen LogP contribution in [-0.4, -0.2) is 45.7 Å². The van der Waals surface area contributed by atoms with Gasteiger partial charge in [-0.1, -0.05) is 30.3 Å². The molecule has 1 amide bonds. The standard InChI is InChI=1S/C15H20N6O/c22-14(17-10-12-5-4-8-16-9-12)11-21-19-15(18-20-21)13-6-2-1-3-7-13/h1-3,6-7,12,16H,4-5,8-11H2,(H,17,22). The summed E-state index contributed by atoms with van der Waals surface area (Å²) in [6, 6.07) is 9.60. The molecule has 1 unspecified atom stereocenters. The molecule has 1 aliphatic heterocycles. The maximum absolute atomic E-state index is 11.9. The van der Waals surface area contributed by atoms with Crippen LogP contribution in [0.2, 0.25) is 0 Å². The summed E-state index contributed by atoms with van der Waals surface area (Å²) in [5.41, 5.74) is 0.891. The summed E-state index contributed by atoms with van der Waals surface area (Å²) in [5, 5.41) is 18.4. The molecular weight excluding hydrogens is 280 g/mol. The number of carbonyl (C=O) groups excluding carboxylic acids is 1. The van der Waals surface area contributed by atoms with Crippen molar-refractivity contribution in [1.82, 2.24) is 30.8 Å². The number of rotatable bonds is 5. The molecular formula is C15H20N6O. The van der Waals surface area contributed by atoms with Crippen molar-refractivity contribution in [2.24, 2.45) is 5.92 Å². The van der Waals surface area contributed by atoms with E-state index in [9.17, 15) is 4.79 Å². The number of hydrogen-bond donors (Lipinski definition) is 2. The van der Waals surface area contributed by atoms with Crippen LogP contribution in [0.15, 0.2) is 30.3 Å². The Morgan fingerprint density at radius 2 is 2.23 bits per heavy atom. The summed E-state index contributed by atoms with van der Waals surface area (Å²) in [6.45, 7) is 2.85. The second-order valence-electron chi connectivity index (χ2n) is 5.53. The second kappa shape index (κ2) is 7.13. The molecule has 7 nitrogen and oxygen atoms in total. The van der Waals surface area contributed by atoms with E-state index in [1.165, 1.54) is 11.2 Å². The van der Waals surface area contributed by atoms with Crippen LogP contribution in [0, 0.1) is 5.92 Å². The monoisotopic (exact) mass is 300 g/mol. The zero-order valence-electron chi connectivity index (χ0n) is 12.4. The van der Waals surface area contributed by atoms with Crippen LogP contribution in [-0.2, 0) is 11.3 Å². The van der Waals surface area contributed by atoms with E-state index in [1.54, 1.807) is 0 Å². The molecule has 0 radical (unpaired) electrons. The smallest absolute Gasteiger partial charge is 0.243 e. The first-order valence-corrected chi connectivity index (χ1v) is 7.62. The molecule has 0 aliphatic carbocycles. The van der Waals surface area contributed by atoms with Gasteiger partial charge in [0.1, 0.15) is 6.54 Å². The van der Waals surface area contributed by atoms with Gasteiger partial charge in [0, 0.05) is 12.1 Å². The van der Waals surface area contributed by atoms with Gasteiger partial charge in [-0.15, -0.1) is 10.2 Å². The van der Waals surface area contributed by atoms with Crippen LogP contribution in [0.25, 0.3) is 11.4 Å². The summed E-state index contributed by atoms with van der Waals surface area (Å²) in [6.07, 6.45) is 2.33. The van der Waals surface area contributed by atoms with Gasteiger partial charge in [0.05, 0.1) is 0 Å². The molecule has 2 N–H and O–H groups in total. The zero-order valence-corrected chi connectivity index (χ0v) is 12.4. The lowest BCUT2D eigenvalue weighted by Gasteiger charge is -2.22. The average molecular weight is 300 g/mol. The largest absolute Gasteiger partial charge is 0.354 e. The lowest BCUT2D eigenvalue weighted by molar-refractivity contribution is -0.122. The van der Waals surface area contributed by atoms with Crippen molar-refractivity contribution in [2.75, 3.05) is 19.6 Å². The third-order valence-corrected chi connectivity index (χ3v) is 3.76. The summed E-state index contributed by atoms with van der Waals surface area (Å²) in [7, 11) is 0. The van der Waals surface area contributed by atoms with Crippen LogP contribution in [0.3, 0.4) is 0 Å². The van der Waals surface area contributed by atoms with Crippen molar-refractivity contribution in [3.05, 3.63) is 30.3 Å². The molecule has 1 aromatic carbocycles. The number of nitrogens with zero attached hydrogens (tertiary/aromatic N) is 4. The number of carbonyl (C=O) groups is 1. The molecule has 0 saturated carbocycles. The molecule has 1 atom stereocenters. The molecule has 1 aliphatic rings. The number of hydrogen-bond acceptors (Lipinski definition) is 5. The zero-order chi connectivity index (χ0) is 15.2. The van der Waals surface area contributed by atoms with E-state index in [0.717, 1.165) is 25.1 Å². The highest BCUT2D eigenvalue weighted by molar-refractivity contribution is 5.75. The summed E-state index contributed by atoms with van der Waals surface area (Å²) in [5.74, 6) is 0.966. The molecule has 1 saturated heterocycles. The Labute approximate surface area is 129 Å². The van der Waals surface area contributed by atoms with Gasteiger partial charge in [0.15, 0.2) is 0 Å². The van der Waals surface area contributed by atoms with Gasteiger partial charge >= 0.3 is 0 Å². The normalized spacial score (nSPS) is 18.1. The molecule has 1 fully saturated rings. The highest BCUT2D eigenvalue weighted by atomic mass is 16.2. The molecule has 3 rings (SSSR count). The molecule has 22 heavy (non-hydrogen) atoms. The summed E-state index contributed by atoms with van der Waals surface area (Å²) >= 11 is 0. The first kappa shape index (κ1) is 14.6. The third-order valence-electron chi connectivity index (χ3n) is 3.76. The lowest BCUT2D eigenvalue weighted by atomic mass is 10.00. The van der Waals surface area contributed by atoms with Crippen LogP contribution < -0.4 is 10.6 Å². The van der Waals surface area contributed by atoms with Crippen molar-refractivity contribution in [3.63, 3.8) is 0 Å². The SMILES string of the molecule is O=C(Cn1nnc(-c2ccccc2)n1)NCC1CCCNC1. The quantitative estimate of drug-likeness (QED) is 0.838. The van der Waals surface area contributed by atoms with Crippen LogP contribution in [0.5, 0.6) is 0 Å². The minimum atomic E-state index is -0.0809. The topological polar surface area (TPSA) is 84.7 Å². The average Bonchev–Trinajstić information content (AvgIpc) is 3.03. The Hall–Kier alpha value is -2.28. The van der Waals surface area contributed by atoms with Crippen LogP contribution in [0.4, 0.5) is 0 Å². The number of amides is 1. The van der Waals surface area contributed by atoms with Gasteiger partial charge in [-0.2, -0.15) is 4.80 Å². The van der Waals surface area contributed by atoms with Crippen molar-refractivity contribution >= 4 is 5.91 Å². The molecule has 1 aromatic heterocycles. The fourth-order valence-electron chi connectivity index (χ4n) is 2.55. The molecule has 2 aromatic rings. The molecule has 0 spiro atoms. The fourth-order valence-corrected chi connectivity index (χ4v) is 2.55. The van der Waals surface area contributed by atoms with E-state index in [4.69, 9.17) is 0 Å². The van der Waals surface area contributed by atoms with E-state index >= 15 is 0 Å². The Morgan fingerprint density at radius 1 is 1.36 bits per heavy atom. The first-order chi connectivity index (χ1) is 10.8. The second-order valence-corrected chi connectivity index (χ2v) is 5.53. The predicted octanol–water partition coefficient (Wildman–Crippen LogP) is 0.456. The highest BCUT2D eigenvalue weighted by Crippen LogP contribution is 2.11. The molecule has 116 valence electrons. The van der Waals surface area contributed by atoms with Crippen molar-refractivity contribution in [1.29, 1.82) is 0 Å². The summed E-state index contributed by atoms with van der Waals surface area (Å²) < 4.78 is 0. The number of tetrazole rings is 1. The maximum atomic E-state index is 11.9. The number of nitrogens with one attached hydrogen (secondary N) is 2. The van der Waals surface area contributed by atoms with E-state index < -0.39 is 0 Å². The molecule has 7 heteroatoms. The highest BCUT2D eigenvalue weighted by Gasteiger charge is 2.14. The number of piperidine rings is 1. The molecule has 0 bridgehead atoms. The van der Waals surface area contributed by atoms with Crippen molar-refractivity contribution < 1.29 is 4.79 Å². The van der Waals surface area contributed by atoms with Gasteiger partial charge < -0.3 is 10.6 Å². The predicted molar refractivity (Wildman–Crippen MR) is 81.9 cm³/mol. The Kier molecular flexibility index (Phi) is 4.75.